The van der Waals surface area contributed by atoms with Gasteiger partial charge in [0.15, 0.2) is 0 Å². The average molecular weight is 473 g/mol. The van der Waals surface area contributed by atoms with E-state index in [1.807, 2.05) is 35.2 Å². The molecule has 174 valence electrons. The van der Waals surface area contributed by atoms with E-state index >= 15 is 0 Å². The quantitative estimate of drug-likeness (QED) is 0.564. The number of carbonyl (C=O) groups is 1. The lowest BCUT2D eigenvalue weighted by Gasteiger charge is -2.34. The average Bonchev–Trinajstić information content (AvgIpc) is 3.21. The predicted octanol–water partition coefficient (Wildman–Crippen LogP) is 2.68. The summed E-state index contributed by atoms with van der Waals surface area (Å²) in [5, 5.41) is 9.97. The number of nitriles is 1. The first kappa shape index (κ1) is 24.4. The number of amides is 1. The predicted molar refractivity (Wildman–Crippen MR) is 123 cm³/mol. The molecule has 3 aromatic rings. The Kier molecular flexibility index (Phi) is 7.81. The van der Waals surface area contributed by atoms with Gasteiger partial charge in [-0.3, -0.25) is 14.2 Å². The van der Waals surface area contributed by atoms with Gasteiger partial charge in [0.25, 0.3) is 16.0 Å². The van der Waals surface area contributed by atoms with Crippen LogP contribution < -0.4 is 0 Å². The number of hydrogen-bond acceptors (Lipinski definition) is 5. The van der Waals surface area contributed by atoms with Gasteiger partial charge in [0.2, 0.25) is 0 Å². The summed E-state index contributed by atoms with van der Waals surface area (Å²) in [6, 6.07) is 14.3. The topological polar surface area (TPSA) is 117 Å². The zero-order valence-electron chi connectivity index (χ0n) is 18.2. The highest BCUT2D eigenvalue weighted by Crippen LogP contribution is 2.23. The Morgan fingerprint density at radius 3 is 2.39 bits per heavy atom. The van der Waals surface area contributed by atoms with E-state index in [4.69, 9.17) is 4.55 Å². The summed E-state index contributed by atoms with van der Waals surface area (Å²) < 4.78 is 38.9. The van der Waals surface area contributed by atoms with E-state index in [1.165, 1.54) is 12.1 Å². The summed E-state index contributed by atoms with van der Waals surface area (Å²) in [5.41, 5.74) is 3.00. The van der Waals surface area contributed by atoms with Gasteiger partial charge in [0.05, 0.1) is 22.9 Å². The largest absolute Gasteiger partial charge is 0.359 e. The number of nitrogens with one attached hydrogen (secondary N) is 1. The molecular weight excluding hydrogens is 447 g/mol. The molecule has 1 amide bonds. The Bertz CT molecular complexity index is 1250. The summed E-state index contributed by atoms with van der Waals surface area (Å²) in [6.45, 7) is 3.87. The number of para-hydroxylation sites is 1. The number of aromatic amines is 1. The number of nitrogens with zero attached hydrogens (tertiary/aromatic N) is 3. The number of halogens is 1. The van der Waals surface area contributed by atoms with E-state index in [0.29, 0.717) is 30.5 Å². The van der Waals surface area contributed by atoms with Crippen LogP contribution in [0.3, 0.4) is 0 Å². The lowest BCUT2D eigenvalue weighted by Crippen LogP contribution is -2.49. The molecule has 0 spiro atoms. The minimum atomic E-state index is -3.67. The van der Waals surface area contributed by atoms with Crippen molar-refractivity contribution in [2.24, 2.45) is 0 Å². The molecule has 1 aliphatic heterocycles. The Morgan fingerprint density at radius 1 is 1.15 bits per heavy atom. The molecule has 0 radical (unpaired) electrons. The fourth-order valence-corrected chi connectivity index (χ4v) is 3.71. The molecule has 0 unspecified atom stereocenters. The minimum Gasteiger partial charge on any atom is -0.359 e. The van der Waals surface area contributed by atoms with Crippen LogP contribution in [0, 0.1) is 17.1 Å². The lowest BCUT2D eigenvalue weighted by atomic mass is 10.1. The van der Waals surface area contributed by atoms with Crippen molar-refractivity contribution in [3.63, 3.8) is 0 Å². The van der Waals surface area contributed by atoms with Crippen molar-refractivity contribution in [1.29, 1.82) is 5.26 Å². The maximum atomic E-state index is 13.0. The molecule has 0 saturated carbocycles. The SMILES string of the molecule is CS(=O)(=O)O.N#Cc1c[nH]c2c(C(=O)N3CCN(CCc4ccc(F)cc4)CC3)cccc12. The third-order valence-corrected chi connectivity index (χ3v) is 5.36. The summed E-state index contributed by atoms with van der Waals surface area (Å²) >= 11 is 0. The second kappa shape index (κ2) is 10.6. The summed E-state index contributed by atoms with van der Waals surface area (Å²) in [6.07, 6.45) is 3.23. The van der Waals surface area contributed by atoms with Gasteiger partial charge in [-0.1, -0.05) is 24.3 Å². The molecule has 1 saturated heterocycles. The number of fused-ring (bicyclic) bond motifs is 1. The van der Waals surface area contributed by atoms with Gasteiger partial charge in [0, 0.05) is 44.3 Å². The molecule has 0 bridgehead atoms. The number of hydrogen-bond donors (Lipinski definition) is 2. The van der Waals surface area contributed by atoms with Crippen LogP contribution in [-0.2, 0) is 16.5 Å². The van der Waals surface area contributed by atoms with Crippen molar-refractivity contribution >= 4 is 26.9 Å². The van der Waals surface area contributed by atoms with E-state index in [1.54, 1.807) is 6.20 Å². The summed E-state index contributed by atoms with van der Waals surface area (Å²) in [4.78, 5) is 20.3. The van der Waals surface area contributed by atoms with E-state index in [2.05, 4.69) is 16.0 Å². The Morgan fingerprint density at radius 2 is 1.79 bits per heavy atom. The minimum absolute atomic E-state index is 0.00451. The van der Waals surface area contributed by atoms with E-state index in [-0.39, 0.29) is 11.7 Å². The van der Waals surface area contributed by atoms with Crippen LogP contribution in [0.1, 0.15) is 21.5 Å². The molecule has 33 heavy (non-hydrogen) atoms. The molecular formula is C23H25FN4O4S. The van der Waals surface area contributed by atoms with Gasteiger partial charge in [-0.15, -0.1) is 0 Å². The zero-order chi connectivity index (χ0) is 24.0. The number of benzene rings is 2. The number of H-pyrrole nitrogens is 1. The Hall–Kier alpha value is -3.26. The molecule has 4 rings (SSSR count). The van der Waals surface area contributed by atoms with Crippen molar-refractivity contribution in [1.82, 2.24) is 14.8 Å². The lowest BCUT2D eigenvalue weighted by molar-refractivity contribution is 0.0640. The van der Waals surface area contributed by atoms with Crippen LogP contribution in [0.4, 0.5) is 4.39 Å². The molecule has 2 aromatic carbocycles. The first-order valence-electron chi connectivity index (χ1n) is 10.3. The maximum absolute atomic E-state index is 13.0. The van der Waals surface area contributed by atoms with Crippen molar-refractivity contribution in [3.05, 3.63) is 71.2 Å². The van der Waals surface area contributed by atoms with E-state index in [9.17, 15) is 22.9 Å². The van der Waals surface area contributed by atoms with Crippen molar-refractivity contribution < 1.29 is 22.2 Å². The van der Waals surface area contributed by atoms with E-state index < -0.39 is 10.1 Å². The number of rotatable bonds is 4. The van der Waals surface area contributed by atoms with Crippen LogP contribution in [0.15, 0.2) is 48.7 Å². The van der Waals surface area contributed by atoms with Crippen LogP contribution >= 0.6 is 0 Å². The summed E-state index contributed by atoms with van der Waals surface area (Å²) in [7, 11) is -3.67. The third-order valence-electron chi connectivity index (χ3n) is 5.36. The first-order chi connectivity index (χ1) is 15.7. The van der Waals surface area contributed by atoms with Crippen LogP contribution in [0.25, 0.3) is 10.9 Å². The van der Waals surface area contributed by atoms with Gasteiger partial charge in [-0.2, -0.15) is 13.7 Å². The van der Waals surface area contributed by atoms with Gasteiger partial charge in [-0.05, 0) is 30.2 Å². The molecule has 1 aliphatic rings. The van der Waals surface area contributed by atoms with Gasteiger partial charge in [0.1, 0.15) is 11.9 Å². The Balaban J connectivity index is 0.000000555. The number of piperazine rings is 1. The second-order valence-corrected chi connectivity index (χ2v) is 9.25. The molecule has 2 N–H and O–H groups in total. The number of aromatic nitrogens is 1. The smallest absolute Gasteiger partial charge is 0.261 e. The Labute approximate surface area is 192 Å². The molecule has 0 aliphatic carbocycles. The first-order valence-corrected chi connectivity index (χ1v) is 12.2. The molecule has 0 atom stereocenters. The third kappa shape index (κ3) is 6.86. The van der Waals surface area contributed by atoms with Crippen molar-refractivity contribution in [3.8, 4) is 6.07 Å². The highest BCUT2D eigenvalue weighted by Gasteiger charge is 2.24. The standard InChI is InChI=1S/C22H21FN4O.CH4O3S/c23-18-6-4-16(5-7-18)8-9-26-10-12-27(13-11-26)22(28)20-3-1-2-19-17(14-24)15-25-21(19)20;1-5(2,3)4/h1-7,15,25H,8-13H2;1H3,(H,2,3,4). The maximum Gasteiger partial charge on any atom is 0.261 e. The molecule has 1 fully saturated rings. The van der Waals surface area contributed by atoms with Crippen molar-refractivity contribution in [2.45, 2.75) is 6.42 Å². The van der Waals surface area contributed by atoms with Crippen LogP contribution in [-0.4, -0.2) is 72.6 Å². The van der Waals surface area contributed by atoms with Crippen molar-refractivity contribution in [2.75, 3.05) is 39.0 Å². The van der Waals surface area contributed by atoms with Crippen LogP contribution in [0.5, 0.6) is 0 Å². The normalized spacial score (nSPS) is 14.4. The van der Waals surface area contributed by atoms with Gasteiger partial charge in [-0.25, -0.2) is 4.39 Å². The highest BCUT2D eigenvalue weighted by molar-refractivity contribution is 7.85. The summed E-state index contributed by atoms with van der Waals surface area (Å²) in [5.74, 6) is -0.218. The fourth-order valence-electron chi connectivity index (χ4n) is 3.71. The monoisotopic (exact) mass is 472 g/mol. The molecule has 10 heteroatoms. The second-order valence-electron chi connectivity index (χ2n) is 7.79. The molecule has 1 aromatic heterocycles. The van der Waals surface area contributed by atoms with Gasteiger partial charge < -0.3 is 9.88 Å². The zero-order valence-corrected chi connectivity index (χ0v) is 19.0. The van der Waals surface area contributed by atoms with E-state index in [0.717, 1.165) is 42.5 Å². The van der Waals surface area contributed by atoms with Crippen LogP contribution in [0.2, 0.25) is 0 Å². The van der Waals surface area contributed by atoms with Gasteiger partial charge >= 0.3 is 0 Å². The fraction of sp³-hybridized carbons (Fsp3) is 0.304. The number of carbonyl (C=O) groups excluding carboxylic acids is 1. The highest BCUT2D eigenvalue weighted by atomic mass is 32.2. The molecule has 8 nitrogen and oxygen atoms in total. The molecule has 2 heterocycles.